The van der Waals surface area contributed by atoms with Crippen molar-refractivity contribution in [1.82, 2.24) is 10.3 Å². The number of hydrogen-bond donors (Lipinski definition) is 2. The van der Waals surface area contributed by atoms with Crippen molar-refractivity contribution in [3.8, 4) is 0 Å². The third-order valence-corrected chi connectivity index (χ3v) is 3.50. The lowest BCUT2D eigenvalue weighted by atomic mass is 10.2. The molecule has 1 aromatic heterocycles. The molecule has 0 fully saturated rings. The number of aromatic nitrogens is 1. The number of benzene rings is 1. The number of nitrogen functional groups attached to an aromatic ring is 1. The van der Waals surface area contributed by atoms with Crippen LogP contribution in [-0.2, 0) is 4.74 Å². The molecule has 0 unspecified atom stereocenters. The molecule has 108 valence electrons. The Morgan fingerprint density at radius 2 is 2.30 bits per heavy atom. The van der Waals surface area contributed by atoms with Crippen molar-refractivity contribution in [2.75, 3.05) is 25.5 Å². The van der Waals surface area contributed by atoms with Crippen LogP contribution in [0.15, 0.2) is 18.2 Å². The second-order valence-electron chi connectivity index (χ2n) is 4.96. The smallest absolute Gasteiger partial charge is 0.251 e. The molecule has 0 aliphatic carbocycles. The van der Waals surface area contributed by atoms with Crippen LogP contribution < -0.4 is 11.1 Å². The lowest BCUT2D eigenvalue weighted by Gasteiger charge is -2.08. The Labute approximate surface area is 122 Å². The van der Waals surface area contributed by atoms with Gasteiger partial charge in [-0.25, -0.2) is 4.98 Å². The van der Waals surface area contributed by atoms with Gasteiger partial charge in [0.05, 0.1) is 16.8 Å². The standard InChI is InChI=1S/C14H19N3O2S/c1-9(2)8-19-6-5-16-13(18)10-3-4-11-12(7-10)20-14(15)17-11/h3-4,7,9H,5-6,8H2,1-2H3,(H2,15,17)(H,16,18). The Bertz CT molecular complexity index is 595. The highest BCUT2D eigenvalue weighted by atomic mass is 32.1. The minimum absolute atomic E-state index is 0.105. The molecule has 0 atom stereocenters. The van der Waals surface area contributed by atoms with Crippen LogP contribution in [0.1, 0.15) is 24.2 Å². The lowest BCUT2D eigenvalue weighted by Crippen LogP contribution is -2.27. The average Bonchev–Trinajstić information content (AvgIpc) is 2.76. The quantitative estimate of drug-likeness (QED) is 0.801. The molecule has 0 saturated carbocycles. The summed E-state index contributed by atoms with van der Waals surface area (Å²) in [6.07, 6.45) is 0. The number of carbonyl (C=O) groups is 1. The van der Waals surface area contributed by atoms with E-state index < -0.39 is 0 Å². The van der Waals surface area contributed by atoms with Gasteiger partial charge in [0.1, 0.15) is 0 Å². The molecule has 0 aliphatic heterocycles. The molecule has 0 spiro atoms. The van der Waals surface area contributed by atoms with Crippen LogP contribution in [-0.4, -0.2) is 30.6 Å². The molecule has 20 heavy (non-hydrogen) atoms. The Balaban J connectivity index is 1.87. The number of amides is 1. The first-order valence-electron chi connectivity index (χ1n) is 6.58. The van der Waals surface area contributed by atoms with Crippen molar-refractivity contribution < 1.29 is 9.53 Å². The van der Waals surface area contributed by atoms with Gasteiger partial charge in [0, 0.05) is 18.7 Å². The van der Waals surface area contributed by atoms with E-state index >= 15 is 0 Å². The zero-order chi connectivity index (χ0) is 14.5. The summed E-state index contributed by atoms with van der Waals surface area (Å²) in [6, 6.07) is 5.38. The van der Waals surface area contributed by atoms with Gasteiger partial charge in [-0.15, -0.1) is 0 Å². The molecule has 3 N–H and O–H groups in total. The van der Waals surface area contributed by atoms with Crippen molar-refractivity contribution in [3.05, 3.63) is 23.8 Å². The average molecular weight is 293 g/mol. The Kier molecular flexibility index (Phi) is 4.92. The second kappa shape index (κ2) is 6.67. The van der Waals surface area contributed by atoms with Crippen LogP contribution in [0.5, 0.6) is 0 Å². The largest absolute Gasteiger partial charge is 0.379 e. The van der Waals surface area contributed by atoms with Gasteiger partial charge < -0.3 is 15.8 Å². The fourth-order valence-electron chi connectivity index (χ4n) is 1.74. The van der Waals surface area contributed by atoms with Crippen LogP contribution >= 0.6 is 11.3 Å². The highest BCUT2D eigenvalue weighted by Gasteiger charge is 2.08. The van der Waals surface area contributed by atoms with Crippen LogP contribution in [0.25, 0.3) is 10.2 Å². The molecule has 5 nitrogen and oxygen atoms in total. The summed E-state index contributed by atoms with van der Waals surface area (Å²) in [6.45, 7) is 5.93. The third kappa shape index (κ3) is 3.91. The van der Waals surface area contributed by atoms with Gasteiger partial charge in [-0.3, -0.25) is 4.79 Å². The van der Waals surface area contributed by atoms with Crippen LogP contribution in [0.3, 0.4) is 0 Å². The Morgan fingerprint density at radius 3 is 3.05 bits per heavy atom. The highest BCUT2D eigenvalue weighted by Crippen LogP contribution is 2.24. The third-order valence-electron chi connectivity index (χ3n) is 2.65. The number of rotatable bonds is 6. The van der Waals surface area contributed by atoms with E-state index in [0.29, 0.717) is 36.4 Å². The number of nitrogens with one attached hydrogen (secondary N) is 1. The maximum Gasteiger partial charge on any atom is 0.251 e. The normalized spacial score (nSPS) is 11.2. The van der Waals surface area contributed by atoms with Gasteiger partial charge in [-0.05, 0) is 24.1 Å². The van der Waals surface area contributed by atoms with Crippen molar-refractivity contribution in [2.45, 2.75) is 13.8 Å². The number of anilines is 1. The van der Waals surface area contributed by atoms with Crippen LogP contribution in [0.4, 0.5) is 5.13 Å². The van der Waals surface area contributed by atoms with Gasteiger partial charge >= 0.3 is 0 Å². The van der Waals surface area contributed by atoms with Crippen molar-refractivity contribution in [3.63, 3.8) is 0 Å². The summed E-state index contributed by atoms with van der Waals surface area (Å²) in [5.74, 6) is 0.400. The minimum Gasteiger partial charge on any atom is -0.379 e. The van der Waals surface area contributed by atoms with Gasteiger partial charge in [-0.1, -0.05) is 25.2 Å². The van der Waals surface area contributed by atoms with E-state index in [1.165, 1.54) is 11.3 Å². The maximum atomic E-state index is 12.0. The minimum atomic E-state index is -0.105. The molecule has 1 amide bonds. The second-order valence-corrected chi connectivity index (χ2v) is 6.02. The fourth-order valence-corrected chi connectivity index (χ4v) is 2.51. The predicted molar refractivity (Wildman–Crippen MR) is 82.0 cm³/mol. The van der Waals surface area contributed by atoms with Crippen molar-refractivity contribution in [1.29, 1.82) is 0 Å². The van der Waals surface area contributed by atoms with Crippen molar-refractivity contribution in [2.24, 2.45) is 5.92 Å². The number of carbonyl (C=O) groups excluding carboxylic acids is 1. The molecule has 0 radical (unpaired) electrons. The molecular weight excluding hydrogens is 274 g/mol. The van der Waals surface area contributed by atoms with E-state index in [1.54, 1.807) is 6.07 Å². The first-order valence-corrected chi connectivity index (χ1v) is 7.40. The lowest BCUT2D eigenvalue weighted by molar-refractivity contribution is 0.0886. The molecule has 2 aromatic rings. The molecule has 1 heterocycles. The monoisotopic (exact) mass is 293 g/mol. The fraction of sp³-hybridized carbons (Fsp3) is 0.429. The van der Waals surface area contributed by atoms with Crippen LogP contribution in [0.2, 0.25) is 0 Å². The number of ether oxygens (including phenoxy) is 1. The molecule has 0 saturated heterocycles. The molecular formula is C14H19N3O2S. The summed E-state index contributed by atoms with van der Waals surface area (Å²) >= 11 is 1.38. The summed E-state index contributed by atoms with van der Waals surface area (Å²) in [5.41, 5.74) is 7.08. The summed E-state index contributed by atoms with van der Waals surface area (Å²) in [7, 11) is 0. The first kappa shape index (κ1) is 14.7. The molecule has 0 aliphatic rings. The van der Waals surface area contributed by atoms with Crippen molar-refractivity contribution >= 4 is 32.6 Å². The van der Waals surface area contributed by atoms with Crippen LogP contribution in [0, 0.1) is 5.92 Å². The SMILES string of the molecule is CC(C)COCCNC(=O)c1ccc2nc(N)sc2c1. The number of fused-ring (bicyclic) bond motifs is 1. The van der Waals surface area contributed by atoms with E-state index in [1.807, 2.05) is 12.1 Å². The topological polar surface area (TPSA) is 77.2 Å². The maximum absolute atomic E-state index is 12.0. The molecule has 2 rings (SSSR count). The van der Waals surface area contributed by atoms with E-state index in [2.05, 4.69) is 24.1 Å². The summed E-state index contributed by atoms with van der Waals surface area (Å²) < 4.78 is 6.34. The van der Waals surface area contributed by atoms with E-state index in [4.69, 9.17) is 10.5 Å². The Morgan fingerprint density at radius 1 is 1.50 bits per heavy atom. The molecule has 1 aromatic carbocycles. The number of nitrogens with two attached hydrogens (primary N) is 1. The molecule has 6 heteroatoms. The zero-order valence-corrected chi connectivity index (χ0v) is 12.5. The van der Waals surface area contributed by atoms with Gasteiger partial charge in [0.15, 0.2) is 5.13 Å². The summed E-state index contributed by atoms with van der Waals surface area (Å²) in [5, 5.41) is 3.35. The number of nitrogens with zero attached hydrogens (tertiary/aromatic N) is 1. The number of hydrogen-bond acceptors (Lipinski definition) is 5. The van der Waals surface area contributed by atoms with E-state index in [9.17, 15) is 4.79 Å². The predicted octanol–water partition coefficient (Wildman–Crippen LogP) is 2.28. The van der Waals surface area contributed by atoms with E-state index in [-0.39, 0.29) is 5.91 Å². The molecule has 0 bridgehead atoms. The van der Waals surface area contributed by atoms with Gasteiger partial charge in [0.2, 0.25) is 0 Å². The van der Waals surface area contributed by atoms with E-state index in [0.717, 1.165) is 10.2 Å². The van der Waals surface area contributed by atoms with Gasteiger partial charge in [-0.2, -0.15) is 0 Å². The zero-order valence-electron chi connectivity index (χ0n) is 11.7. The van der Waals surface area contributed by atoms with Gasteiger partial charge in [0.25, 0.3) is 5.91 Å². The first-order chi connectivity index (χ1) is 9.56. The highest BCUT2D eigenvalue weighted by molar-refractivity contribution is 7.22. The Hall–Kier alpha value is -1.66. The summed E-state index contributed by atoms with van der Waals surface area (Å²) in [4.78, 5) is 16.1. The number of thiazole rings is 1.